The summed E-state index contributed by atoms with van der Waals surface area (Å²) in [6.07, 6.45) is 0. The van der Waals surface area contributed by atoms with Crippen molar-refractivity contribution < 1.29 is 4.74 Å². The summed E-state index contributed by atoms with van der Waals surface area (Å²) in [7, 11) is 3.86. The van der Waals surface area contributed by atoms with Crippen molar-refractivity contribution in [2.45, 2.75) is 39.8 Å². The van der Waals surface area contributed by atoms with Gasteiger partial charge in [0.1, 0.15) is 0 Å². The Morgan fingerprint density at radius 1 is 1.16 bits per heavy atom. The van der Waals surface area contributed by atoms with Crippen LogP contribution in [-0.2, 0) is 4.74 Å². The molecule has 1 rings (SSSR count). The van der Waals surface area contributed by atoms with E-state index in [2.05, 4.69) is 51.8 Å². The highest BCUT2D eigenvalue weighted by Crippen LogP contribution is 2.26. The molecule has 0 fully saturated rings. The van der Waals surface area contributed by atoms with Crippen LogP contribution < -0.4 is 5.73 Å². The lowest BCUT2D eigenvalue weighted by atomic mass is 9.94. The van der Waals surface area contributed by atoms with Crippen LogP contribution in [0.2, 0.25) is 0 Å². The van der Waals surface area contributed by atoms with E-state index in [0.717, 1.165) is 6.61 Å². The van der Waals surface area contributed by atoms with Gasteiger partial charge in [-0.2, -0.15) is 0 Å². The van der Waals surface area contributed by atoms with Gasteiger partial charge in [0, 0.05) is 25.7 Å². The second-order valence-electron chi connectivity index (χ2n) is 5.51. The highest BCUT2D eigenvalue weighted by molar-refractivity contribution is 5.38. The Morgan fingerprint density at radius 3 is 2.26 bits per heavy atom. The first-order valence-electron chi connectivity index (χ1n) is 6.91. The standard InChI is InChI=1S/C16H28N2O/c1-11-7-13(3)15(8-12(11)2)16(9-17)18(5)14(4)10-19-6/h7-8,14,16H,9-10,17H2,1-6H3. The van der Waals surface area contributed by atoms with E-state index in [1.165, 1.54) is 22.3 Å². The number of hydrogen-bond acceptors (Lipinski definition) is 3. The van der Waals surface area contributed by atoms with Gasteiger partial charge in [-0.05, 0) is 57.0 Å². The van der Waals surface area contributed by atoms with Gasteiger partial charge in [-0.3, -0.25) is 4.90 Å². The number of benzene rings is 1. The van der Waals surface area contributed by atoms with Gasteiger partial charge in [-0.1, -0.05) is 12.1 Å². The van der Waals surface area contributed by atoms with Gasteiger partial charge in [0.25, 0.3) is 0 Å². The lowest BCUT2D eigenvalue weighted by Gasteiger charge is -2.33. The highest BCUT2D eigenvalue weighted by atomic mass is 16.5. The van der Waals surface area contributed by atoms with Crippen LogP contribution in [0, 0.1) is 20.8 Å². The van der Waals surface area contributed by atoms with E-state index in [-0.39, 0.29) is 6.04 Å². The monoisotopic (exact) mass is 264 g/mol. The molecule has 0 aliphatic carbocycles. The Kier molecular flexibility index (Phi) is 5.98. The van der Waals surface area contributed by atoms with Crippen LogP contribution in [0.15, 0.2) is 12.1 Å². The Balaban J connectivity index is 3.06. The number of hydrogen-bond donors (Lipinski definition) is 1. The minimum atomic E-state index is 0.240. The van der Waals surface area contributed by atoms with Gasteiger partial charge >= 0.3 is 0 Å². The Morgan fingerprint density at radius 2 is 1.74 bits per heavy atom. The maximum absolute atomic E-state index is 6.01. The number of likely N-dealkylation sites (N-methyl/N-ethyl adjacent to an activating group) is 1. The van der Waals surface area contributed by atoms with Crippen LogP contribution in [0.1, 0.15) is 35.2 Å². The molecule has 0 aliphatic heterocycles. The molecule has 3 nitrogen and oxygen atoms in total. The van der Waals surface area contributed by atoms with Crippen LogP contribution >= 0.6 is 0 Å². The van der Waals surface area contributed by atoms with E-state index >= 15 is 0 Å². The van der Waals surface area contributed by atoms with Crippen LogP contribution in [0.5, 0.6) is 0 Å². The van der Waals surface area contributed by atoms with Gasteiger partial charge in [0.05, 0.1) is 6.61 Å². The van der Waals surface area contributed by atoms with Gasteiger partial charge in [-0.15, -0.1) is 0 Å². The van der Waals surface area contributed by atoms with E-state index in [4.69, 9.17) is 10.5 Å². The summed E-state index contributed by atoms with van der Waals surface area (Å²) in [6, 6.07) is 5.12. The Hall–Kier alpha value is -0.900. The van der Waals surface area contributed by atoms with Crippen molar-refractivity contribution in [3.8, 4) is 0 Å². The molecule has 0 amide bonds. The summed E-state index contributed by atoms with van der Waals surface area (Å²) in [5.41, 5.74) is 11.3. The number of ether oxygens (including phenoxy) is 1. The summed E-state index contributed by atoms with van der Waals surface area (Å²) in [5, 5.41) is 0. The maximum atomic E-state index is 6.01. The summed E-state index contributed by atoms with van der Waals surface area (Å²) >= 11 is 0. The largest absolute Gasteiger partial charge is 0.383 e. The summed E-state index contributed by atoms with van der Waals surface area (Å²) in [5.74, 6) is 0. The molecule has 0 saturated heterocycles. The summed E-state index contributed by atoms with van der Waals surface area (Å²) in [4.78, 5) is 2.31. The van der Waals surface area contributed by atoms with Crippen molar-refractivity contribution in [3.63, 3.8) is 0 Å². The van der Waals surface area contributed by atoms with Crippen LogP contribution in [0.3, 0.4) is 0 Å². The normalized spacial score (nSPS) is 14.7. The average Bonchev–Trinajstić information content (AvgIpc) is 2.36. The first kappa shape index (κ1) is 16.2. The van der Waals surface area contributed by atoms with E-state index in [1.54, 1.807) is 7.11 Å². The molecule has 19 heavy (non-hydrogen) atoms. The molecule has 2 unspecified atom stereocenters. The molecule has 0 spiro atoms. The molecule has 0 saturated carbocycles. The molecular formula is C16H28N2O. The van der Waals surface area contributed by atoms with Crippen molar-refractivity contribution >= 4 is 0 Å². The molecule has 0 aromatic heterocycles. The molecule has 2 atom stereocenters. The van der Waals surface area contributed by atoms with Gasteiger partial charge < -0.3 is 10.5 Å². The van der Waals surface area contributed by atoms with Crippen molar-refractivity contribution in [2.24, 2.45) is 5.73 Å². The SMILES string of the molecule is COCC(C)N(C)C(CN)c1cc(C)c(C)cc1C. The van der Waals surface area contributed by atoms with E-state index in [9.17, 15) is 0 Å². The first-order valence-corrected chi connectivity index (χ1v) is 6.91. The predicted octanol–water partition coefficient (Wildman–Crippen LogP) is 2.58. The molecule has 0 radical (unpaired) electrons. The molecule has 1 aromatic rings. The van der Waals surface area contributed by atoms with Crippen molar-refractivity contribution in [3.05, 3.63) is 34.4 Å². The predicted molar refractivity (Wildman–Crippen MR) is 81.5 cm³/mol. The van der Waals surface area contributed by atoms with Crippen molar-refractivity contribution in [1.82, 2.24) is 4.90 Å². The maximum Gasteiger partial charge on any atom is 0.0615 e. The van der Waals surface area contributed by atoms with E-state index in [1.807, 2.05) is 0 Å². The topological polar surface area (TPSA) is 38.5 Å². The van der Waals surface area contributed by atoms with Gasteiger partial charge in [-0.25, -0.2) is 0 Å². The average molecular weight is 264 g/mol. The minimum Gasteiger partial charge on any atom is -0.383 e. The van der Waals surface area contributed by atoms with Crippen molar-refractivity contribution in [1.29, 1.82) is 0 Å². The number of nitrogens with two attached hydrogens (primary N) is 1. The van der Waals surface area contributed by atoms with E-state index in [0.29, 0.717) is 12.6 Å². The fourth-order valence-electron chi connectivity index (χ4n) is 2.52. The van der Waals surface area contributed by atoms with Crippen molar-refractivity contribution in [2.75, 3.05) is 27.3 Å². The summed E-state index contributed by atoms with van der Waals surface area (Å²) in [6.45, 7) is 9.98. The van der Waals surface area contributed by atoms with Gasteiger partial charge in [0.15, 0.2) is 0 Å². The fourth-order valence-corrected chi connectivity index (χ4v) is 2.52. The quantitative estimate of drug-likeness (QED) is 0.858. The molecule has 3 heteroatoms. The number of aryl methyl sites for hydroxylation is 3. The third-order valence-electron chi connectivity index (χ3n) is 4.06. The Bertz CT molecular complexity index is 417. The molecule has 0 aliphatic rings. The number of nitrogens with zero attached hydrogens (tertiary/aromatic N) is 1. The lowest BCUT2D eigenvalue weighted by molar-refractivity contribution is 0.0908. The Labute approximate surface area is 117 Å². The molecule has 2 N–H and O–H groups in total. The zero-order valence-corrected chi connectivity index (χ0v) is 13.2. The molecule has 0 heterocycles. The van der Waals surface area contributed by atoms with Gasteiger partial charge in [0.2, 0.25) is 0 Å². The molecular weight excluding hydrogens is 236 g/mol. The third-order valence-corrected chi connectivity index (χ3v) is 4.06. The number of rotatable bonds is 6. The molecule has 108 valence electrons. The zero-order valence-electron chi connectivity index (χ0n) is 13.2. The lowest BCUT2D eigenvalue weighted by Crippen LogP contribution is -2.39. The van der Waals surface area contributed by atoms with E-state index < -0.39 is 0 Å². The molecule has 0 bridgehead atoms. The zero-order chi connectivity index (χ0) is 14.6. The fraction of sp³-hybridized carbons (Fsp3) is 0.625. The van der Waals surface area contributed by atoms with Crippen LogP contribution in [0.25, 0.3) is 0 Å². The number of methoxy groups -OCH3 is 1. The second kappa shape index (κ2) is 7.04. The van der Waals surface area contributed by atoms with Crippen LogP contribution in [0.4, 0.5) is 0 Å². The highest BCUT2D eigenvalue weighted by Gasteiger charge is 2.22. The second-order valence-corrected chi connectivity index (χ2v) is 5.51. The summed E-state index contributed by atoms with van der Waals surface area (Å²) < 4.78 is 5.25. The van der Waals surface area contributed by atoms with Crippen LogP contribution in [-0.4, -0.2) is 38.3 Å². The minimum absolute atomic E-state index is 0.240. The molecule has 1 aromatic carbocycles. The smallest absolute Gasteiger partial charge is 0.0615 e. The first-order chi connectivity index (χ1) is 8.92. The third kappa shape index (κ3) is 3.78.